The molecule has 0 fully saturated rings. The fourth-order valence-corrected chi connectivity index (χ4v) is 2.52. The number of carboxylic acid groups (broad SMARTS) is 1. The van der Waals surface area contributed by atoms with E-state index in [2.05, 4.69) is 12.2 Å². The van der Waals surface area contributed by atoms with Crippen molar-refractivity contribution in [3.8, 4) is 0 Å². The summed E-state index contributed by atoms with van der Waals surface area (Å²) in [5.41, 5.74) is 7.55. The zero-order valence-corrected chi connectivity index (χ0v) is 13.4. The number of hydrogen-bond donors (Lipinski definition) is 3. The Balaban J connectivity index is 2.51. The van der Waals surface area contributed by atoms with E-state index in [9.17, 15) is 9.59 Å². The predicted octanol–water partition coefficient (Wildman–Crippen LogP) is 2.11. The van der Waals surface area contributed by atoms with E-state index in [-0.39, 0.29) is 11.7 Å². The van der Waals surface area contributed by atoms with E-state index in [4.69, 9.17) is 10.8 Å². The van der Waals surface area contributed by atoms with Crippen molar-refractivity contribution in [2.24, 2.45) is 5.73 Å². The molecule has 0 saturated carbocycles. The fourth-order valence-electron chi connectivity index (χ4n) is 1.66. The minimum Gasteiger partial charge on any atom is -0.480 e. The highest BCUT2D eigenvalue weighted by Gasteiger charge is 2.33. The summed E-state index contributed by atoms with van der Waals surface area (Å²) in [4.78, 5) is 22.8. The first kappa shape index (κ1) is 17.5. The number of hydrogen-bond acceptors (Lipinski definition) is 4. The third-order valence-corrected chi connectivity index (χ3v) is 4.64. The molecule has 4 N–H and O–H groups in total. The Kier molecular flexibility index (Phi) is 6.23. The molecule has 21 heavy (non-hydrogen) atoms. The molecule has 0 bridgehead atoms. The van der Waals surface area contributed by atoms with Crippen molar-refractivity contribution in [1.29, 1.82) is 0 Å². The zero-order valence-electron chi connectivity index (χ0n) is 12.6. The summed E-state index contributed by atoms with van der Waals surface area (Å²) < 4.78 is -0.713. The van der Waals surface area contributed by atoms with Crippen LogP contribution in [-0.2, 0) is 16.0 Å². The summed E-state index contributed by atoms with van der Waals surface area (Å²) in [6.07, 6.45) is 0.950. The molecule has 1 aromatic rings. The maximum Gasteiger partial charge on any atom is 0.321 e. The molecule has 0 radical (unpaired) electrons. The van der Waals surface area contributed by atoms with Crippen LogP contribution >= 0.6 is 11.8 Å². The lowest BCUT2D eigenvalue weighted by Crippen LogP contribution is -2.47. The highest BCUT2D eigenvalue weighted by Crippen LogP contribution is 2.27. The Labute approximate surface area is 129 Å². The van der Waals surface area contributed by atoms with Gasteiger partial charge in [0.05, 0.1) is 5.75 Å². The van der Waals surface area contributed by atoms with Gasteiger partial charge in [0, 0.05) is 10.4 Å². The summed E-state index contributed by atoms with van der Waals surface area (Å²) in [6.45, 7) is 5.51. The second-order valence-electron chi connectivity index (χ2n) is 5.31. The second-order valence-corrected chi connectivity index (χ2v) is 6.94. The Bertz CT molecular complexity index is 500. The van der Waals surface area contributed by atoms with Crippen LogP contribution in [0.2, 0.25) is 0 Å². The third-order valence-electron chi connectivity index (χ3n) is 3.24. The van der Waals surface area contributed by atoms with E-state index in [1.807, 2.05) is 24.3 Å². The maximum atomic E-state index is 11.9. The van der Waals surface area contributed by atoms with Crippen LogP contribution in [0.5, 0.6) is 0 Å². The Morgan fingerprint density at radius 1 is 1.33 bits per heavy atom. The number of carbonyl (C=O) groups is 2. The van der Waals surface area contributed by atoms with Gasteiger partial charge in [-0.25, -0.2) is 0 Å². The van der Waals surface area contributed by atoms with Crippen molar-refractivity contribution >= 4 is 29.3 Å². The number of amides is 1. The van der Waals surface area contributed by atoms with Crippen molar-refractivity contribution in [2.45, 2.75) is 38.0 Å². The molecule has 0 aliphatic rings. The SMILES string of the molecule is CCc1ccc(NC(=O)CSC(C)(C)[C@@H](N)C(=O)O)cc1. The summed E-state index contributed by atoms with van der Waals surface area (Å²) in [5, 5.41) is 11.7. The van der Waals surface area contributed by atoms with Gasteiger partial charge >= 0.3 is 5.97 Å². The summed E-state index contributed by atoms with van der Waals surface area (Å²) in [6, 6.07) is 6.63. The van der Waals surface area contributed by atoms with Crippen LogP contribution in [0.1, 0.15) is 26.3 Å². The Morgan fingerprint density at radius 3 is 2.38 bits per heavy atom. The summed E-state index contributed by atoms with van der Waals surface area (Å²) in [7, 11) is 0. The number of aliphatic carboxylic acids is 1. The van der Waals surface area contributed by atoms with Crippen LogP contribution in [0.3, 0.4) is 0 Å². The van der Waals surface area contributed by atoms with Gasteiger partial charge in [-0.1, -0.05) is 19.1 Å². The number of rotatable bonds is 7. The Hall–Kier alpha value is -1.53. The number of carboxylic acids is 1. The summed E-state index contributed by atoms with van der Waals surface area (Å²) >= 11 is 1.23. The molecular weight excluding hydrogens is 288 g/mol. The van der Waals surface area contributed by atoms with Crippen LogP contribution in [0, 0.1) is 0 Å². The standard InChI is InChI=1S/C15H22N2O3S/c1-4-10-5-7-11(8-6-10)17-12(18)9-21-15(2,3)13(16)14(19)20/h5-8,13H,4,9,16H2,1-3H3,(H,17,18)(H,19,20)/t13-/m0/s1. The highest BCUT2D eigenvalue weighted by molar-refractivity contribution is 8.01. The van der Waals surface area contributed by atoms with Crippen molar-refractivity contribution < 1.29 is 14.7 Å². The minimum atomic E-state index is -1.07. The van der Waals surface area contributed by atoms with Crippen LogP contribution in [0.15, 0.2) is 24.3 Å². The number of carbonyl (C=O) groups excluding carboxylic acids is 1. The number of thioether (sulfide) groups is 1. The van der Waals surface area contributed by atoms with E-state index in [1.165, 1.54) is 17.3 Å². The predicted molar refractivity (Wildman–Crippen MR) is 86.6 cm³/mol. The smallest absolute Gasteiger partial charge is 0.321 e. The molecule has 116 valence electrons. The molecule has 6 heteroatoms. The normalized spacial score (nSPS) is 12.8. The molecule has 0 spiro atoms. The fraction of sp³-hybridized carbons (Fsp3) is 0.467. The van der Waals surface area contributed by atoms with Crippen LogP contribution < -0.4 is 11.1 Å². The van der Waals surface area contributed by atoms with Gasteiger partial charge in [-0.05, 0) is 38.0 Å². The number of nitrogens with two attached hydrogens (primary N) is 1. The van der Waals surface area contributed by atoms with E-state index >= 15 is 0 Å². The molecule has 1 amide bonds. The van der Waals surface area contributed by atoms with Crippen molar-refractivity contribution in [3.05, 3.63) is 29.8 Å². The molecular formula is C15H22N2O3S. The molecule has 0 heterocycles. The lowest BCUT2D eigenvalue weighted by molar-refractivity contribution is -0.139. The number of benzene rings is 1. The van der Waals surface area contributed by atoms with Crippen molar-refractivity contribution in [2.75, 3.05) is 11.1 Å². The molecule has 1 aromatic carbocycles. The minimum absolute atomic E-state index is 0.156. The molecule has 0 aromatic heterocycles. The van der Waals surface area contributed by atoms with Crippen LogP contribution in [0.4, 0.5) is 5.69 Å². The van der Waals surface area contributed by atoms with Gasteiger partial charge in [-0.3, -0.25) is 9.59 Å². The van der Waals surface area contributed by atoms with E-state index in [1.54, 1.807) is 13.8 Å². The third kappa shape index (κ3) is 5.40. The number of aryl methyl sites for hydroxylation is 1. The zero-order chi connectivity index (χ0) is 16.0. The molecule has 0 saturated heterocycles. The summed E-state index contributed by atoms with van der Waals surface area (Å²) in [5.74, 6) is -1.08. The number of anilines is 1. The maximum absolute atomic E-state index is 11.9. The molecule has 5 nitrogen and oxygen atoms in total. The van der Waals surface area contributed by atoms with Crippen LogP contribution in [-0.4, -0.2) is 33.5 Å². The molecule has 0 unspecified atom stereocenters. The molecule has 1 atom stereocenters. The van der Waals surface area contributed by atoms with Crippen LogP contribution in [0.25, 0.3) is 0 Å². The van der Waals surface area contributed by atoms with Gasteiger partial charge < -0.3 is 16.2 Å². The highest BCUT2D eigenvalue weighted by atomic mass is 32.2. The second kappa shape index (κ2) is 7.47. The van der Waals surface area contributed by atoms with Gasteiger partial charge in [0.15, 0.2) is 0 Å². The topological polar surface area (TPSA) is 92.4 Å². The van der Waals surface area contributed by atoms with Gasteiger partial charge in [0.1, 0.15) is 6.04 Å². The molecule has 1 rings (SSSR count). The first-order chi connectivity index (χ1) is 9.76. The average molecular weight is 310 g/mol. The molecule has 0 aliphatic carbocycles. The van der Waals surface area contributed by atoms with E-state index in [0.29, 0.717) is 0 Å². The first-order valence-corrected chi connectivity index (χ1v) is 7.76. The quantitative estimate of drug-likeness (QED) is 0.717. The van der Waals surface area contributed by atoms with Crippen molar-refractivity contribution in [1.82, 2.24) is 0 Å². The van der Waals surface area contributed by atoms with Crippen molar-refractivity contribution in [3.63, 3.8) is 0 Å². The van der Waals surface area contributed by atoms with E-state index in [0.717, 1.165) is 12.1 Å². The van der Waals surface area contributed by atoms with E-state index < -0.39 is 16.8 Å². The molecule has 0 aliphatic heterocycles. The Morgan fingerprint density at radius 2 is 1.90 bits per heavy atom. The van der Waals surface area contributed by atoms with Gasteiger partial charge in [0.2, 0.25) is 5.91 Å². The number of nitrogens with one attached hydrogen (secondary N) is 1. The lowest BCUT2D eigenvalue weighted by Gasteiger charge is -2.27. The average Bonchev–Trinajstić information content (AvgIpc) is 2.45. The van der Waals surface area contributed by atoms with Gasteiger partial charge in [0.25, 0.3) is 0 Å². The monoisotopic (exact) mass is 310 g/mol. The first-order valence-electron chi connectivity index (χ1n) is 6.77. The largest absolute Gasteiger partial charge is 0.480 e. The van der Waals surface area contributed by atoms with Gasteiger partial charge in [-0.2, -0.15) is 0 Å². The van der Waals surface area contributed by atoms with Gasteiger partial charge in [-0.15, -0.1) is 11.8 Å². The lowest BCUT2D eigenvalue weighted by atomic mass is 10.1.